The zero-order valence-corrected chi connectivity index (χ0v) is 12.3. The summed E-state index contributed by atoms with van der Waals surface area (Å²) in [7, 11) is 1.97. The summed E-state index contributed by atoms with van der Waals surface area (Å²) in [6, 6.07) is 0. The Labute approximate surface area is 114 Å². The molecule has 1 fully saturated rings. The number of hydrogen-bond donors (Lipinski definition) is 1. The maximum absolute atomic E-state index is 5.85. The van der Waals surface area contributed by atoms with Crippen LogP contribution in [0.15, 0.2) is 0 Å². The van der Waals surface area contributed by atoms with Gasteiger partial charge in [0.15, 0.2) is 0 Å². The number of hydrogen-bond acceptors (Lipinski definition) is 3. The van der Waals surface area contributed by atoms with E-state index in [9.17, 15) is 0 Å². The van der Waals surface area contributed by atoms with Crippen LogP contribution < -0.4 is 10.6 Å². The third-order valence-electron chi connectivity index (χ3n) is 3.83. The minimum atomic E-state index is 0.453. The SMILES string of the molecule is CCC1CCCN(c2c(C(N)=S)c(C)nn2C)C1. The zero-order valence-electron chi connectivity index (χ0n) is 11.4. The summed E-state index contributed by atoms with van der Waals surface area (Å²) in [6.45, 7) is 6.40. The topological polar surface area (TPSA) is 47.1 Å². The van der Waals surface area contributed by atoms with E-state index in [0.29, 0.717) is 4.99 Å². The Morgan fingerprint density at radius 3 is 2.89 bits per heavy atom. The lowest BCUT2D eigenvalue weighted by Gasteiger charge is -2.34. The van der Waals surface area contributed by atoms with Gasteiger partial charge in [0.1, 0.15) is 10.8 Å². The van der Waals surface area contributed by atoms with Crippen LogP contribution in [0.25, 0.3) is 0 Å². The molecule has 1 saturated heterocycles. The number of aromatic nitrogens is 2. The van der Waals surface area contributed by atoms with Gasteiger partial charge in [-0.1, -0.05) is 25.6 Å². The average Bonchev–Trinajstić information content (AvgIpc) is 2.64. The third kappa shape index (κ3) is 2.36. The van der Waals surface area contributed by atoms with Gasteiger partial charge >= 0.3 is 0 Å². The molecule has 18 heavy (non-hydrogen) atoms. The van der Waals surface area contributed by atoms with Crippen molar-refractivity contribution in [1.29, 1.82) is 0 Å². The summed E-state index contributed by atoms with van der Waals surface area (Å²) in [5.74, 6) is 1.87. The van der Waals surface area contributed by atoms with Crippen molar-refractivity contribution >= 4 is 23.0 Å². The molecule has 0 spiro atoms. The molecule has 0 aliphatic carbocycles. The molecule has 0 amide bonds. The van der Waals surface area contributed by atoms with Crippen molar-refractivity contribution in [3.63, 3.8) is 0 Å². The highest BCUT2D eigenvalue weighted by molar-refractivity contribution is 7.80. The van der Waals surface area contributed by atoms with Crippen molar-refractivity contribution in [2.24, 2.45) is 18.7 Å². The molecule has 5 heteroatoms. The standard InChI is InChI=1S/C13H22N4S/c1-4-10-6-5-7-17(8-10)13-11(12(14)18)9(2)15-16(13)3/h10H,4-8H2,1-3H3,(H2,14,18). The number of rotatable bonds is 3. The van der Waals surface area contributed by atoms with Crippen LogP contribution in [-0.2, 0) is 7.05 Å². The Morgan fingerprint density at radius 1 is 1.56 bits per heavy atom. The minimum Gasteiger partial charge on any atom is -0.389 e. The van der Waals surface area contributed by atoms with E-state index in [1.165, 1.54) is 19.3 Å². The van der Waals surface area contributed by atoms with Crippen molar-refractivity contribution in [3.8, 4) is 0 Å². The Bertz CT molecular complexity index is 452. The van der Waals surface area contributed by atoms with E-state index in [4.69, 9.17) is 18.0 Å². The number of aryl methyl sites for hydroxylation is 2. The van der Waals surface area contributed by atoms with Gasteiger partial charge in [0, 0.05) is 20.1 Å². The lowest BCUT2D eigenvalue weighted by Crippen LogP contribution is -2.37. The molecule has 1 aromatic heterocycles. The lowest BCUT2D eigenvalue weighted by atomic mass is 9.95. The molecule has 1 aromatic rings. The molecular formula is C13H22N4S. The van der Waals surface area contributed by atoms with Gasteiger partial charge in [-0.05, 0) is 25.7 Å². The predicted octanol–water partition coefficient (Wildman–Crippen LogP) is 1.99. The summed E-state index contributed by atoms with van der Waals surface area (Å²) in [5.41, 5.74) is 7.73. The van der Waals surface area contributed by atoms with Crippen LogP contribution >= 0.6 is 12.2 Å². The van der Waals surface area contributed by atoms with Gasteiger partial charge in [-0.2, -0.15) is 5.10 Å². The van der Waals surface area contributed by atoms with Gasteiger partial charge in [0.2, 0.25) is 0 Å². The first-order chi connectivity index (χ1) is 8.54. The van der Waals surface area contributed by atoms with Gasteiger partial charge in [0.05, 0.1) is 11.3 Å². The fraction of sp³-hybridized carbons (Fsp3) is 0.692. The first kappa shape index (κ1) is 13.3. The normalized spacial score (nSPS) is 20.2. The molecule has 0 saturated carbocycles. The van der Waals surface area contributed by atoms with Gasteiger partial charge in [0.25, 0.3) is 0 Å². The summed E-state index contributed by atoms with van der Waals surface area (Å²) in [4.78, 5) is 2.85. The number of nitrogens with zero attached hydrogens (tertiary/aromatic N) is 3. The van der Waals surface area contributed by atoms with Crippen LogP contribution in [0.1, 0.15) is 37.4 Å². The molecular weight excluding hydrogens is 244 g/mol. The van der Waals surface area contributed by atoms with Gasteiger partial charge < -0.3 is 10.6 Å². The maximum Gasteiger partial charge on any atom is 0.137 e. The molecule has 1 atom stereocenters. The highest BCUT2D eigenvalue weighted by atomic mass is 32.1. The Balaban J connectivity index is 2.35. The molecule has 0 bridgehead atoms. The number of thiocarbonyl (C=S) groups is 1. The van der Waals surface area contributed by atoms with Crippen LogP contribution in [0.5, 0.6) is 0 Å². The van der Waals surface area contributed by atoms with Crippen molar-refractivity contribution in [1.82, 2.24) is 9.78 Å². The Morgan fingerprint density at radius 2 is 2.28 bits per heavy atom. The fourth-order valence-corrected chi connectivity index (χ4v) is 3.13. The second kappa shape index (κ2) is 5.26. The molecule has 0 aromatic carbocycles. The smallest absolute Gasteiger partial charge is 0.137 e. The molecule has 2 rings (SSSR count). The van der Waals surface area contributed by atoms with Crippen molar-refractivity contribution in [3.05, 3.63) is 11.3 Å². The molecule has 1 aliphatic heterocycles. The second-order valence-electron chi connectivity index (χ2n) is 5.13. The largest absolute Gasteiger partial charge is 0.389 e. The van der Waals surface area contributed by atoms with E-state index < -0.39 is 0 Å². The van der Waals surface area contributed by atoms with E-state index in [-0.39, 0.29) is 0 Å². The fourth-order valence-electron chi connectivity index (χ4n) is 2.89. The molecule has 100 valence electrons. The highest BCUT2D eigenvalue weighted by Gasteiger charge is 2.25. The number of anilines is 1. The van der Waals surface area contributed by atoms with Crippen LogP contribution in [0.3, 0.4) is 0 Å². The Kier molecular flexibility index (Phi) is 3.90. The zero-order chi connectivity index (χ0) is 13.3. The van der Waals surface area contributed by atoms with Gasteiger partial charge in [-0.15, -0.1) is 0 Å². The monoisotopic (exact) mass is 266 g/mol. The lowest BCUT2D eigenvalue weighted by molar-refractivity contribution is 0.400. The van der Waals surface area contributed by atoms with Crippen molar-refractivity contribution in [2.75, 3.05) is 18.0 Å². The second-order valence-corrected chi connectivity index (χ2v) is 5.57. The van der Waals surface area contributed by atoms with Crippen LogP contribution in [-0.4, -0.2) is 27.9 Å². The van der Waals surface area contributed by atoms with Gasteiger partial charge in [-0.25, -0.2) is 0 Å². The van der Waals surface area contributed by atoms with Crippen molar-refractivity contribution < 1.29 is 0 Å². The first-order valence-electron chi connectivity index (χ1n) is 6.63. The van der Waals surface area contributed by atoms with Crippen molar-refractivity contribution in [2.45, 2.75) is 33.1 Å². The quantitative estimate of drug-likeness (QED) is 0.850. The maximum atomic E-state index is 5.85. The van der Waals surface area contributed by atoms with Crippen LogP contribution in [0.4, 0.5) is 5.82 Å². The number of nitrogens with two attached hydrogens (primary N) is 1. The molecule has 1 aliphatic rings. The van der Waals surface area contributed by atoms with Gasteiger partial charge in [-0.3, -0.25) is 4.68 Å². The third-order valence-corrected chi connectivity index (χ3v) is 4.04. The number of piperidine rings is 1. The summed E-state index contributed by atoms with van der Waals surface area (Å²) in [6.07, 6.45) is 3.79. The molecule has 4 nitrogen and oxygen atoms in total. The minimum absolute atomic E-state index is 0.453. The molecule has 2 N–H and O–H groups in total. The summed E-state index contributed by atoms with van der Waals surface area (Å²) >= 11 is 5.18. The van der Waals surface area contributed by atoms with E-state index in [2.05, 4.69) is 16.9 Å². The first-order valence-corrected chi connectivity index (χ1v) is 7.03. The molecule has 0 radical (unpaired) electrons. The Hall–Kier alpha value is -1.10. The van der Waals surface area contributed by atoms with Crippen LogP contribution in [0.2, 0.25) is 0 Å². The molecule has 2 heterocycles. The predicted molar refractivity (Wildman–Crippen MR) is 79.1 cm³/mol. The van der Waals surface area contributed by atoms with Crippen LogP contribution in [0, 0.1) is 12.8 Å². The van der Waals surface area contributed by atoms with E-state index >= 15 is 0 Å². The van der Waals surface area contributed by atoms with E-state index in [0.717, 1.165) is 36.1 Å². The van der Waals surface area contributed by atoms with E-state index in [1.54, 1.807) is 0 Å². The summed E-state index contributed by atoms with van der Waals surface area (Å²) < 4.78 is 1.92. The summed E-state index contributed by atoms with van der Waals surface area (Å²) in [5, 5.41) is 4.47. The molecule has 1 unspecified atom stereocenters. The van der Waals surface area contributed by atoms with E-state index in [1.807, 2.05) is 18.7 Å². The average molecular weight is 266 g/mol. The highest BCUT2D eigenvalue weighted by Crippen LogP contribution is 2.28.